The van der Waals surface area contributed by atoms with E-state index < -0.39 is 0 Å². The lowest BCUT2D eigenvalue weighted by Gasteiger charge is -2.17. The highest BCUT2D eigenvalue weighted by molar-refractivity contribution is 6.06. The number of benzene rings is 1. The van der Waals surface area contributed by atoms with E-state index in [2.05, 4.69) is 4.98 Å². The summed E-state index contributed by atoms with van der Waals surface area (Å²) < 4.78 is 4.85. The van der Waals surface area contributed by atoms with Gasteiger partial charge in [0, 0.05) is 30.9 Å². The highest BCUT2D eigenvalue weighted by Gasteiger charge is 2.16. The van der Waals surface area contributed by atoms with E-state index in [1.165, 1.54) is 7.11 Å². The van der Waals surface area contributed by atoms with Crippen LogP contribution in [0.2, 0.25) is 0 Å². The van der Waals surface area contributed by atoms with Gasteiger partial charge in [0.2, 0.25) is 0 Å². The van der Waals surface area contributed by atoms with Crippen molar-refractivity contribution < 1.29 is 9.53 Å². The van der Waals surface area contributed by atoms with Gasteiger partial charge < -0.3 is 9.64 Å². The standard InChI is InChI=1S/C15H18N2O2/c1-9-6-11-13(17(3)4)8-10(2)16-14(11)12(7-9)15(18)19-5/h6-8H,1-5H3. The first-order valence-corrected chi connectivity index (χ1v) is 6.11. The van der Waals surface area contributed by atoms with Crippen molar-refractivity contribution in [3.8, 4) is 0 Å². The van der Waals surface area contributed by atoms with E-state index in [-0.39, 0.29) is 5.97 Å². The van der Waals surface area contributed by atoms with Crippen LogP contribution in [0.3, 0.4) is 0 Å². The molecule has 0 unspecified atom stereocenters. The van der Waals surface area contributed by atoms with Gasteiger partial charge in [0.05, 0.1) is 18.2 Å². The first kappa shape index (κ1) is 13.3. The van der Waals surface area contributed by atoms with Gasteiger partial charge in [-0.2, -0.15) is 0 Å². The number of methoxy groups -OCH3 is 1. The molecule has 0 spiro atoms. The van der Waals surface area contributed by atoms with Gasteiger partial charge in [-0.15, -0.1) is 0 Å². The summed E-state index contributed by atoms with van der Waals surface area (Å²) >= 11 is 0. The number of ether oxygens (including phenoxy) is 1. The number of esters is 1. The molecule has 0 radical (unpaired) electrons. The number of rotatable bonds is 2. The summed E-state index contributed by atoms with van der Waals surface area (Å²) in [7, 11) is 5.35. The molecule has 0 fully saturated rings. The second-order valence-corrected chi connectivity index (χ2v) is 4.88. The molecule has 1 aromatic heterocycles. The van der Waals surface area contributed by atoms with Gasteiger partial charge in [-0.25, -0.2) is 4.79 Å². The molecular formula is C15H18N2O2. The number of anilines is 1. The third-order valence-corrected chi connectivity index (χ3v) is 3.05. The molecule has 0 atom stereocenters. The van der Waals surface area contributed by atoms with Crippen LogP contribution in [0.5, 0.6) is 0 Å². The Morgan fingerprint density at radius 3 is 2.47 bits per heavy atom. The first-order chi connectivity index (χ1) is 8.93. The summed E-state index contributed by atoms with van der Waals surface area (Å²) in [5.74, 6) is -0.350. The number of carbonyl (C=O) groups excluding carboxylic acids is 1. The van der Waals surface area contributed by atoms with Gasteiger partial charge in [0.25, 0.3) is 0 Å². The van der Waals surface area contributed by atoms with Crippen molar-refractivity contribution in [1.29, 1.82) is 0 Å². The van der Waals surface area contributed by atoms with Crippen molar-refractivity contribution in [2.45, 2.75) is 13.8 Å². The molecule has 0 saturated carbocycles. The molecule has 100 valence electrons. The number of pyridine rings is 1. The minimum absolute atomic E-state index is 0.350. The summed E-state index contributed by atoms with van der Waals surface area (Å²) in [5.41, 5.74) is 4.16. The maximum Gasteiger partial charge on any atom is 0.340 e. The topological polar surface area (TPSA) is 42.4 Å². The Hall–Kier alpha value is -2.10. The maximum atomic E-state index is 11.9. The smallest absolute Gasteiger partial charge is 0.340 e. The van der Waals surface area contributed by atoms with Crippen molar-refractivity contribution in [3.63, 3.8) is 0 Å². The Kier molecular flexibility index (Phi) is 3.42. The lowest BCUT2D eigenvalue weighted by atomic mass is 10.0. The fraction of sp³-hybridized carbons (Fsp3) is 0.333. The summed E-state index contributed by atoms with van der Waals surface area (Å²) in [6, 6.07) is 5.88. The Balaban J connectivity index is 2.88. The first-order valence-electron chi connectivity index (χ1n) is 6.11. The van der Waals surface area contributed by atoms with Crippen molar-refractivity contribution in [2.24, 2.45) is 0 Å². The quantitative estimate of drug-likeness (QED) is 0.777. The summed E-state index contributed by atoms with van der Waals surface area (Å²) in [6.45, 7) is 3.89. The molecule has 0 saturated heterocycles. The normalized spacial score (nSPS) is 10.6. The summed E-state index contributed by atoms with van der Waals surface area (Å²) in [5, 5.41) is 0.969. The zero-order valence-corrected chi connectivity index (χ0v) is 11.9. The van der Waals surface area contributed by atoms with Crippen molar-refractivity contribution in [1.82, 2.24) is 4.98 Å². The predicted molar refractivity (Wildman–Crippen MR) is 76.9 cm³/mol. The monoisotopic (exact) mass is 258 g/mol. The minimum atomic E-state index is -0.350. The van der Waals surface area contributed by atoms with Crippen LogP contribution in [0, 0.1) is 13.8 Å². The third kappa shape index (κ3) is 2.38. The third-order valence-electron chi connectivity index (χ3n) is 3.05. The van der Waals surface area contributed by atoms with Crippen LogP contribution < -0.4 is 4.90 Å². The lowest BCUT2D eigenvalue weighted by molar-refractivity contribution is 0.0602. The second kappa shape index (κ2) is 4.88. The largest absolute Gasteiger partial charge is 0.465 e. The Labute approximate surface area is 113 Å². The van der Waals surface area contributed by atoms with Crippen molar-refractivity contribution in [2.75, 3.05) is 26.1 Å². The van der Waals surface area contributed by atoms with Crippen LogP contribution in [-0.2, 0) is 4.74 Å². The van der Waals surface area contributed by atoms with Crippen LogP contribution in [0.1, 0.15) is 21.6 Å². The van der Waals surface area contributed by atoms with E-state index in [0.29, 0.717) is 11.1 Å². The molecular weight excluding hydrogens is 240 g/mol. The van der Waals surface area contributed by atoms with E-state index in [1.807, 2.05) is 51.0 Å². The highest BCUT2D eigenvalue weighted by Crippen LogP contribution is 2.29. The van der Waals surface area contributed by atoms with Gasteiger partial charge in [-0.3, -0.25) is 4.98 Å². The summed E-state index contributed by atoms with van der Waals surface area (Å²) in [6.07, 6.45) is 0. The summed E-state index contributed by atoms with van der Waals surface area (Å²) in [4.78, 5) is 18.4. The van der Waals surface area contributed by atoms with E-state index in [9.17, 15) is 4.79 Å². The minimum Gasteiger partial charge on any atom is -0.465 e. The Morgan fingerprint density at radius 2 is 1.89 bits per heavy atom. The molecule has 0 N–H and O–H groups in total. The van der Waals surface area contributed by atoms with E-state index in [4.69, 9.17) is 4.74 Å². The van der Waals surface area contributed by atoms with Gasteiger partial charge in [0.15, 0.2) is 0 Å². The average Bonchev–Trinajstić information content (AvgIpc) is 2.36. The Morgan fingerprint density at radius 1 is 1.21 bits per heavy atom. The zero-order chi connectivity index (χ0) is 14.2. The molecule has 4 heteroatoms. The molecule has 2 aromatic rings. The number of aromatic nitrogens is 1. The number of fused-ring (bicyclic) bond motifs is 1. The maximum absolute atomic E-state index is 11.9. The fourth-order valence-corrected chi connectivity index (χ4v) is 2.21. The van der Waals surface area contributed by atoms with Gasteiger partial charge >= 0.3 is 5.97 Å². The van der Waals surface area contributed by atoms with Crippen LogP contribution >= 0.6 is 0 Å². The fourth-order valence-electron chi connectivity index (χ4n) is 2.21. The van der Waals surface area contributed by atoms with Crippen LogP contribution in [-0.4, -0.2) is 32.2 Å². The molecule has 1 aromatic carbocycles. The van der Waals surface area contributed by atoms with Crippen LogP contribution in [0.15, 0.2) is 18.2 Å². The SMILES string of the molecule is COC(=O)c1cc(C)cc2c(N(C)C)cc(C)nc12. The van der Waals surface area contributed by atoms with Gasteiger partial charge in [-0.1, -0.05) is 0 Å². The number of carbonyl (C=O) groups is 1. The Bertz CT molecular complexity index is 648. The zero-order valence-electron chi connectivity index (χ0n) is 11.9. The van der Waals surface area contributed by atoms with Gasteiger partial charge in [0.1, 0.15) is 0 Å². The molecule has 0 amide bonds. The molecule has 2 rings (SSSR count). The second-order valence-electron chi connectivity index (χ2n) is 4.88. The van der Waals surface area contributed by atoms with Crippen molar-refractivity contribution in [3.05, 3.63) is 35.0 Å². The van der Waals surface area contributed by atoms with Crippen LogP contribution in [0.4, 0.5) is 5.69 Å². The predicted octanol–water partition coefficient (Wildman–Crippen LogP) is 2.70. The number of hydrogen-bond acceptors (Lipinski definition) is 4. The van der Waals surface area contributed by atoms with E-state index >= 15 is 0 Å². The number of nitrogens with zero attached hydrogens (tertiary/aromatic N) is 2. The van der Waals surface area contributed by atoms with E-state index in [1.54, 1.807) is 0 Å². The molecule has 0 aliphatic carbocycles. The molecule has 19 heavy (non-hydrogen) atoms. The van der Waals surface area contributed by atoms with Gasteiger partial charge in [-0.05, 0) is 37.6 Å². The van der Waals surface area contributed by atoms with Crippen LogP contribution in [0.25, 0.3) is 10.9 Å². The van der Waals surface area contributed by atoms with Crippen molar-refractivity contribution >= 4 is 22.6 Å². The number of hydrogen-bond donors (Lipinski definition) is 0. The molecule has 0 bridgehead atoms. The molecule has 1 heterocycles. The molecule has 0 aliphatic rings. The lowest BCUT2D eigenvalue weighted by Crippen LogP contribution is -2.11. The highest BCUT2D eigenvalue weighted by atomic mass is 16.5. The average molecular weight is 258 g/mol. The molecule has 4 nitrogen and oxygen atoms in total. The molecule has 0 aliphatic heterocycles. The number of aryl methyl sites for hydroxylation is 2. The van der Waals surface area contributed by atoms with E-state index in [0.717, 1.165) is 22.3 Å².